The summed E-state index contributed by atoms with van der Waals surface area (Å²) in [7, 11) is 0. The number of carbonyl (C=O) groups is 2. The number of halogens is 1. The van der Waals surface area contributed by atoms with Gasteiger partial charge in [0.05, 0.1) is 4.92 Å². The quantitative estimate of drug-likeness (QED) is 0.410. The van der Waals surface area contributed by atoms with Gasteiger partial charge in [0, 0.05) is 18.4 Å². The monoisotopic (exact) mass is 450 g/mol. The molecule has 1 aliphatic carbocycles. The number of hydrogen-bond donors (Lipinski definition) is 2. The molecule has 0 fully saturated rings. The first-order valence-corrected chi connectivity index (χ1v) is 10.1. The smallest absolute Gasteiger partial charge is 0.407 e. The predicted molar refractivity (Wildman–Crippen MR) is 116 cm³/mol. The third-order valence-electron chi connectivity index (χ3n) is 5.61. The Bertz CT molecular complexity index is 1200. The van der Waals surface area contributed by atoms with Crippen LogP contribution in [-0.2, 0) is 16.0 Å². The van der Waals surface area contributed by atoms with Crippen LogP contribution in [-0.4, -0.2) is 34.7 Å². The molecule has 0 saturated heterocycles. The lowest BCUT2D eigenvalue weighted by atomic mass is 9.98. The summed E-state index contributed by atoms with van der Waals surface area (Å²) in [6, 6.07) is 17.5. The van der Waals surface area contributed by atoms with Gasteiger partial charge in [-0.25, -0.2) is 9.59 Å². The van der Waals surface area contributed by atoms with Crippen LogP contribution in [0, 0.1) is 15.9 Å². The fourth-order valence-electron chi connectivity index (χ4n) is 4.07. The molecule has 0 bridgehead atoms. The fourth-order valence-corrected chi connectivity index (χ4v) is 4.07. The molecule has 0 aliphatic heterocycles. The van der Waals surface area contributed by atoms with Crippen LogP contribution in [0.1, 0.15) is 22.6 Å². The van der Waals surface area contributed by atoms with Crippen molar-refractivity contribution in [1.82, 2.24) is 5.32 Å². The molecule has 4 rings (SSSR count). The van der Waals surface area contributed by atoms with Crippen molar-refractivity contribution >= 4 is 17.7 Å². The van der Waals surface area contributed by atoms with Gasteiger partial charge in [-0.3, -0.25) is 10.1 Å². The molecule has 1 atom stereocenters. The number of amides is 1. The van der Waals surface area contributed by atoms with Gasteiger partial charge in [0.1, 0.15) is 12.6 Å². The van der Waals surface area contributed by atoms with Crippen molar-refractivity contribution in [3.63, 3.8) is 0 Å². The summed E-state index contributed by atoms with van der Waals surface area (Å²) in [5.74, 6) is -2.77. The zero-order valence-corrected chi connectivity index (χ0v) is 17.2. The molecule has 0 aromatic heterocycles. The second-order valence-electron chi connectivity index (χ2n) is 7.57. The minimum absolute atomic E-state index is 0.0165. The summed E-state index contributed by atoms with van der Waals surface area (Å²) >= 11 is 0. The lowest BCUT2D eigenvalue weighted by molar-refractivity contribution is -0.387. The molecule has 1 unspecified atom stereocenters. The summed E-state index contributed by atoms with van der Waals surface area (Å²) in [5.41, 5.74) is 3.13. The van der Waals surface area contributed by atoms with Crippen LogP contribution in [0.4, 0.5) is 14.9 Å². The summed E-state index contributed by atoms with van der Waals surface area (Å²) in [6.07, 6.45) is -1.46. The molecule has 168 valence electrons. The van der Waals surface area contributed by atoms with E-state index < -0.39 is 41.0 Å². The van der Waals surface area contributed by atoms with E-state index in [1.807, 2.05) is 48.5 Å². The second-order valence-corrected chi connectivity index (χ2v) is 7.57. The number of fused-ring (bicyclic) bond motifs is 3. The Hall–Kier alpha value is -4.27. The maximum Gasteiger partial charge on any atom is 0.407 e. The molecule has 0 radical (unpaired) electrons. The number of nitro benzene ring substituents is 1. The molecular formula is C24H19FN2O6. The topological polar surface area (TPSA) is 119 Å². The number of ether oxygens (including phenoxy) is 1. The van der Waals surface area contributed by atoms with Crippen LogP contribution in [0.3, 0.4) is 0 Å². The van der Waals surface area contributed by atoms with Crippen molar-refractivity contribution in [2.45, 2.75) is 18.4 Å². The number of carbonyl (C=O) groups excluding carboxylic acids is 1. The zero-order chi connectivity index (χ0) is 23.5. The summed E-state index contributed by atoms with van der Waals surface area (Å²) < 4.78 is 19.7. The van der Waals surface area contributed by atoms with Gasteiger partial charge < -0.3 is 15.2 Å². The molecule has 2 N–H and O–H groups in total. The largest absolute Gasteiger partial charge is 0.480 e. The van der Waals surface area contributed by atoms with Gasteiger partial charge >= 0.3 is 17.7 Å². The molecule has 3 aromatic carbocycles. The average molecular weight is 450 g/mol. The van der Waals surface area contributed by atoms with Gasteiger partial charge in [0.25, 0.3) is 0 Å². The fraction of sp³-hybridized carbons (Fsp3) is 0.167. The van der Waals surface area contributed by atoms with Gasteiger partial charge in [-0.1, -0.05) is 60.7 Å². The highest BCUT2D eigenvalue weighted by Crippen LogP contribution is 2.44. The lowest BCUT2D eigenvalue weighted by Gasteiger charge is -2.17. The van der Waals surface area contributed by atoms with E-state index in [2.05, 4.69) is 5.32 Å². The van der Waals surface area contributed by atoms with E-state index in [4.69, 9.17) is 4.74 Å². The molecule has 0 heterocycles. The summed E-state index contributed by atoms with van der Waals surface area (Å²) in [6.45, 7) is -0.0165. The second kappa shape index (κ2) is 9.07. The van der Waals surface area contributed by atoms with Crippen LogP contribution in [0.25, 0.3) is 11.1 Å². The SMILES string of the molecule is O=C(NC(Cc1cccc([N+](=O)[O-])c1F)C(=O)O)OCC1c2ccccc2-c2ccccc21. The number of rotatable bonds is 7. The number of nitro groups is 1. The van der Waals surface area contributed by atoms with Gasteiger partial charge in [-0.15, -0.1) is 0 Å². The molecule has 0 spiro atoms. The van der Waals surface area contributed by atoms with Crippen LogP contribution in [0.2, 0.25) is 0 Å². The van der Waals surface area contributed by atoms with E-state index in [1.165, 1.54) is 12.1 Å². The summed E-state index contributed by atoms with van der Waals surface area (Å²) in [4.78, 5) is 34.0. The Morgan fingerprint density at radius 2 is 1.64 bits per heavy atom. The molecule has 9 heteroatoms. The van der Waals surface area contributed by atoms with Gasteiger partial charge in [0.2, 0.25) is 5.82 Å². The van der Waals surface area contributed by atoms with Crippen LogP contribution < -0.4 is 5.32 Å². The number of carboxylic acids is 1. The van der Waals surface area contributed by atoms with E-state index in [-0.39, 0.29) is 18.1 Å². The van der Waals surface area contributed by atoms with Crippen LogP contribution in [0.5, 0.6) is 0 Å². The number of alkyl carbamates (subject to hydrolysis) is 1. The third kappa shape index (κ3) is 4.38. The van der Waals surface area contributed by atoms with Crippen molar-refractivity contribution < 1.29 is 28.7 Å². The van der Waals surface area contributed by atoms with E-state index in [0.29, 0.717) is 0 Å². The number of nitrogens with one attached hydrogen (secondary N) is 1. The van der Waals surface area contributed by atoms with Gasteiger partial charge in [0.15, 0.2) is 0 Å². The highest BCUT2D eigenvalue weighted by molar-refractivity contribution is 5.81. The minimum atomic E-state index is -1.53. The Morgan fingerprint density at radius 3 is 2.21 bits per heavy atom. The number of carboxylic acid groups (broad SMARTS) is 1. The van der Waals surface area contributed by atoms with Crippen LogP contribution in [0.15, 0.2) is 66.7 Å². The van der Waals surface area contributed by atoms with E-state index in [0.717, 1.165) is 28.3 Å². The molecule has 1 aliphatic rings. The maximum absolute atomic E-state index is 14.3. The highest BCUT2D eigenvalue weighted by Gasteiger charge is 2.30. The number of hydrogen-bond acceptors (Lipinski definition) is 5. The number of aliphatic carboxylic acids is 1. The Balaban J connectivity index is 1.45. The average Bonchev–Trinajstić information content (AvgIpc) is 3.12. The van der Waals surface area contributed by atoms with Gasteiger partial charge in [-0.2, -0.15) is 4.39 Å². The molecule has 0 saturated carbocycles. The third-order valence-corrected chi connectivity index (χ3v) is 5.61. The highest BCUT2D eigenvalue weighted by atomic mass is 19.1. The molecular weight excluding hydrogens is 431 g/mol. The Morgan fingerprint density at radius 1 is 1.03 bits per heavy atom. The molecule has 8 nitrogen and oxygen atoms in total. The van der Waals surface area contributed by atoms with Crippen molar-refractivity contribution in [2.24, 2.45) is 0 Å². The molecule has 3 aromatic rings. The van der Waals surface area contributed by atoms with Gasteiger partial charge in [-0.05, 0) is 27.8 Å². The van der Waals surface area contributed by atoms with E-state index >= 15 is 0 Å². The van der Waals surface area contributed by atoms with Crippen molar-refractivity contribution in [1.29, 1.82) is 0 Å². The lowest BCUT2D eigenvalue weighted by Crippen LogP contribution is -2.43. The van der Waals surface area contributed by atoms with E-state index in [1.54, 1.807) is 0 Å². The van der Waals surface area contributed by atoms with Crippen molar-refractivity contribution in [3.8, 4) is 11.1 Å². The van der Waals surface area contributed by atoms with Crippen LogP contribution >= 0.6 is 0 Å². The first-order valence-electron chi connectivity index (χ1n) is 10.1. The van der Waals surface area contributed by atoms with Crippen molar-refractivity contribution in [3.05, 3.63) is 99.4 Å². The molecule has 1 amide bonds. The Kier molecular flexibility index (Phi) is 6.03. The predicted octanol–water partition coefficient (Wildman–Crippen LogP) is 4.27. The van der Waals surface area contributed by atoms with E-state index in [9.17, 15) is 29.2 Å². The van der Waals surface area contributed by atoms with Crippen molar-refractivity contribution in [2.75, 3.05) is 6.61 Å². The zero-order valence-electron chi connectivity index (χ0n) is 17.2. The number of nitrogens with zero attached hydrogens (tertiary/aromatic N) is 1. The minimum Gasteiger partial charge on any atom is -0.480 e. The number of benzene rings is 3. The Labute approximate surface area is 187 Å². The summed E-state index contributed by atoms with van der Waals surface area (Å²) in [5, 5.41) is 22.6. The molecule has 33 heavy (non-hydrogen) atoms. The maximum atomic E-state index is 14.3. The normalized spacial score (nSPS) is 13.0. The standard InChI is InChI=1S/C24H19FN2O6/c25-22-14(6-5-11-21(22)27(31)32)12-20(23(28)29)26-24(30)33-13-19-17-9-3-1-7-15(17)16-8-2-4-10-18(16)19/h1-11,19-20H,12-13H2,(H,26,30)(H,28,29). The first-order chi connectivity index (χ1) is 15.9. The first kappa shape index (κ1) is 21.9.